The summed E-state index contributed by atoms with van der Waals surface area (Å²) in [4.78, 5) is 0. The predicted octanol–water partition coefficient (Wildman–Crippen LogP) is 4.86. The third-order valence-corrected chi connectivity index (χ3v) is 4.99. The van der Waals surface area contributed by atoms with Crippen LogP contribution in [0.4, 0.5) is 13.2 Å². The molecule has 0 radical (unpaired) electrons. The Morgan fingerprint density at radius 1 is 0.846 bits per heavy atom. The van der Waals surface area contributed by atoms with Gasteiger partial charge in [0.15, 0.2) is 9.76 Å². The van der Waals surface area contributed by atoms with Gasteiger partial charge in [-0.2, -0.15) is 0 Å². The van der Waals surface area contributed by atoms with Crippen LogP contribution in [0.1, 0.15) is 58.9 Å². The maximum atomic E-state index is 13.5. The van der Waals surface area contributed by atoms with Crippen molar-refractivity contribution < 1.29 is 27.1 Å². The van der Waals surface area contributed by atoms with Crippen LogP contribution in [0.25, 0.3) is 0 Å². The molecule has 1 rings (SSSR count). The molecule has 0 N–H and O–H groups in total. The summed E-state index contributed by atoms with van der Waals surface area (Å²) in [6.07, 6.45) is 3.91. The molecule has 0 spiro atoms. The fraction of sp³-hybridized carbons (Fsp3) is 0.684. The Labute approximate surface area is 157 Å². The summed E-state index contributed by atoms with van der Waals surface area (Å²) in [5.74, 6) is -2.48. The van der Waals surface area contributed by atoms with E-state index in [4.69, 9.17) is 13.9 Å². The molecule has 7 heteroatoms. The summed E-state index contributed by atoms with van der Waals surface area (Å²) in [7, 11) is -0.736. The highest BCUT2D eigenvalue weighted by atomic mass is 28.2. The van der Waals surface area contributed by atoms with Crippen LogP contribution in [-0.4, -0.2) is 28.4 Å². The molecular formula is C19H31F3O3Si. The quantitative estimate of drug-likeness (QED) is 0.273. The molecule has 0 atom stereocenters. The van der Waals surface area contributed by atoms with Crippen molar-refractivity contribution in [2.45, 2.75) is 84.5 Å². The highest BCUT2D eigenvalue weighted by Gasteiger charge is 2.14. The van der Waals surface area contributed by atoms with Crippen LogP contribution in [0.3, 0.4) is 0 Å². The minimum absolute atomic E-state index is 0.0244. The minimum atomic E-state index is -0.880. The topological polar surface area (TPSA) is 27.7 Å². The monoisotopic (exact) mass is 392 g/mol. The molecule has 1 aromatic carbocycles. The molecule has 0 amide bonds. The van der Waals surface area contributed by atoms with E-state index in [0.29, 0.717) is 12.8 Å². The van der Waals surface area contributed by atoms with E-state index in [-0.39, 0.29) is 17.8 Å². The lowest BCUT2D eigenvalue weighted by atomic mass is 10.1. The molecule has 26 heavy (non-hydrogen) atoms. The second-order valence-corrected chi connectivity index (χ2v) is 8.34. The second-order valence-electron chi connectivity index (χ2n) is 6.89. The lowest BCUT2D eigenvalue weighted by Crippen LogP contribution is -2.28. The van der Waals surface area contributed by atoms with E-state index in [9.17, 15) is 13.2 Å². The molecule has 0 fully saturated rings. The number of hydrogen-bond acceptors (Lipinski definition) is 3. The molecule has 0 saturated heterocycles. The van der Waals surface area contributed by atoms with Crippen LogP contribution in [0.15, 0.2) is 12.1 Å². The fourth-order valence-corrected chi connectivity index (χ4v) is 3.55. The smallest absolute Gasteiger partial charge is 0.262 e. The molecule has 0 saturated carbocycles. The first-order valence-corrected chi connectivity index (χ1v) is 10.9. The Morgan fingerprint density at radius 2 is 1.38 bits per heavy atom. The Bertz CT molecular complexity index is 494. The molecule has 0 aliphatic carbocycles. The highest BCUT2D eigenvalue weighted by Crippen LogP contribution is 2.18. The number of rotatable bonds is 13. The SMILES string of the molecule is CC(C)OC(O[SiH2]CCCCCCc1c(F)cc(F)cc1F)OC(C)C. The van der Waals surface area contributed by atoms with Crippen LogP contribution in [-0.2, 0) is 20.3 Å². The van der Waals surface area contributed by atoms with Gasteiger partial charge in [-0.05, 0) is 46.6 Å². The molecule has 0 aromatic heterocycles. The van der Waals surface area contributed by atoms with Crippen molar-refractivity contribution in [1.29, 1.82) is 0 Å². The molecule has 0 bridgehead atoms. The molecule has 3 nitrogen and oxygen atoms in total. The maximum Gasteiger partial charge on any atom is 0.262 e. The number of hydrogen-bond donors (Lipinski definition) is 0. The van der Waals surface area contributed by atoms with Crippen LogP contribution in [0, 0.1) is 17.5 Å². The highest BCUT2D eigenvalue weighted by molar-refractivity contribution is 6.27. The van der Waals surface area contributed by atoms with E-state index in [1.54, 1.807) is 0 Å². The van der Waals surface area contributed by atoms with Crippen molar-refractivity contribution in [2.24, 2.45) is 0 Å². The summed E-state index contributed by atoms with van der Waals surface area (Å²) >= 11 is 0. The first-order chi connectivity index (χ1) is 12.3. The summed E-state index contributed by atoms with van der Waals surface area (Å²) in [5.41, 5.74) is -0.0244. The zero-order valence-corrected chi connectivity index (χ0v) is 17.6. The Morgan fingerprint density at radius 3 is 1.92 bits per heavy atom. The zero-order chi connectivity index (χ0) is 19.5. The third-order valence-electron chi connectivity index (χ3n) is 3.70. The summed E-state index contributed by atoms with van der Waals surface area (Å²) in [6.45, 7) is 7.16. The van der Waals surface area contributed by atoms with Gasteiger partial charge < -0.3 is 13.9 Å². The summed E-state index contributed by atoms with van der Waals surface area (Å²) in [6, 6.07) is 2.46. The molecule has 0 aliphatic rings. The van der Waals surface area contributed by atoms with Gasteiger partial charge in [-0.1, -0.05) is 19.3 Å². The van der Waals surface area contributed by atoms with E-state index < -0.39 is 33.7 Å². The van der Waals surface area contributed by atoms with Crippen molar-refractivity contribution in [3.8, 4) is 0 Å². The molecule has 0 aliphatic heterocycles. The average Bonchev–Trinajstić information content (AvgIpc) is 2.50. The average molecular weight is 393 g/mol. The lowest BCUT2D eigenvalue weighted by Gasteiger charge is -2.23. The predicted molar refractivity (Wildman–Crippen MR) is 99.2 cm³/mol. The molecule has 0 unspecified atom stereocenters. The number of unbranched alkanes of at least 4 members (excludes halogenated alkanes) is 3. The first kappa shape index (κ1) is 23.1. The fourth-order valence-electron chi connectivity index (χ4n) is 2.48. The van der Waals surface area contributed by atoms with E-state index in [1.165, 1.54) is 0 Å². The van der Waals surface area contributed by atoms with Crippen molar-refractivity contribution in [2.75, 3.05) is 0 Å². The number of halogens is 3. The van der Waals surface area contributed by atoms with Gasteiger partial charge in [0.2, 0.25) is 0 Å². The molecule has 150 valence electrons. The van der Waals surface area contributed by atoms with Gasteiger partial charge in [0, 0.05) is 17.7 Å². The van der Waals surface area contributed by atoms with Gasteiger partial charge in [-0.25, -0.2) is 13.2 Å². The Kier molecular flexibility index (Phi) is 11.1. The van der Waals surface area contributed by atoms with Gasteiger partial charge in [-0.3, -0.25) is 0 Å². The van der Waals surface area contributed by atoms with Gasteiger partial charge in [-0.15, -0.1) is 0 Å². The van der Waals surface area contributed by atoms with Crippen LogP contribution in [0.2, 0.25) is 6.04 Å². The van der Waals surface area contributed by atoms with Crippen molar-refractivity contribution in [3.05, 3.63) is 35.1 Å². The number of ether oxygens (including phenoxy) is 2. The van der Waals surface area contributed by atoms with Crippen molar-refractivity contribution in [1.82, 2.24) is 0 Å². The molecular weight excluding hydrogens is 361 g/mol. The summed E-state index contributed by atoms with van der Waals surface area (Å²) < 4.78 is 56.8. The van der Waals surface area contributed by atoms with Crippen molar-refractivity contribution in [3.63, 3.8) is 0 Å². The summed E-state index contributed by atoms with van der Waals surface area (Å²) in [5, 5.41) is 0. The van der Waals surface area contributed by atoms with Gasteiger partial charge in [0.1, 0.15) is 17.5 Å². The van der Waals surface area contributed by atoms with Gasteiger partial charge in [0.25, 0.3) is 6.48 Å². The zero-order valence-electron chi connectivity index (χ0n) is 16.2. The van der Waals surface area contributed by atoms with E-state index in [0.717, 1.165) is 37.4 Å². The lowest BCUT2D eigenvalue weighted by molar-refractivity contribution is -0.275. The van der Waals surface area contributed by atoms with Crippen LogP contribution >= 0.6 is 0 Å². The van der Waals surface area contributed by atoms with E-state index >= 15 is 0 Å². The first-order valence-electron chi connectivity index (χ1n) is 9.35. The third kappa shape index (κ3) is 9.71. The normalized spacial score (nSPS) is 12.4. The minimum Gasteiger partial charge on any atom is -0.379 e. The maximum absolute atomic E-state index is 13.5. The standard InChI is InChI=1S/C19H31F3O3Si/c1-13(2)23-19(24-14(3)4)25-26-10-8-6-5-7-9-16-17(21)11-15(20)12-18(16)22/h11-14,19H,5-10,26H2,1-4H3. The van der Waals surface area contributed by atoms with Crippen LogP contribution in [0.5, 0.6) is 0 Å². The van der Waals surface area contributed by atoms with Gasteiger partial charge >= 0.3 is 0 Å². The van der Waals surface area contributed by atoms with E-state index in [1.807, 2.05) is 27.7 Å². The number of benzene rings is 1. The molecule has 1 aromatic rings. The van der Waals surface area contributed by atoms with Crippen LogP contribution < -0.4 is 0 Å². The van der Waals surface area contributed by atoms with E-state index in [2.05, 4.69) is 0 Å². The largest absolute Gasteiger partial charge is 0.379 e. The van der Waals surface area contributed by atoms with Crippen molar-refractivity contribution >= 4 is 9.76 Å². The molecule has 0 heterocycles. The Hall–Kier alpha value is -0.893. The van der Waals surface area contributed by atoms with Gasteiger partial charge in [0.05, 0.1) is 12.2 Å². The Balaban J connectivity index is 2.15. The second kappa shape index (κ2) is 12.5.